The number of pyridine rings is 1. The smallest absolute Gasteiger partial charge is 0.321 e. The highest BCUT2D eigenvalue weighted by molar-refractivity contribution is 5.90. The van der Waals surface area contributed by atoms with Crippen molar-refractivity contribution in [1.29, 1.82) is 0 Å². The highest BCUT2D eigenvalue weighted by atomic mass is 16.2. The molecule has 1 aromatic carbocycles. The average Bonchev–Trinajstić information content (AvgIpc) is 3.01. The standard InChI is InChI=1S/C18H20N6O2/c1-3-19-18(26)24-17-22-15-7-5-12(8-16(15)23-17)13-4-6-14(21-9-13)10-20-11(2)25/h4-9H,3,10H2,1-2H3,(H,20,25)(H3,19,22,23,24,26). The Morgan fingerprint density at radius 2 is 1.92 bits per heavy atom. The number of imidazole rings is 1. The zero-order chi connectivity index (χ0) is 18.5. The van der Waals surface area contributed by atoms with E-state index in [1.807, 2.05) is 37.3 Å². The monoisotopic (exact) mass is 352 g/mol. The molecule has 3 aromatic rings. The van der Waals surface area contributed by atoms with Crippen LogP contribution in [0.2, 0.25) is 0 Å². The number of hydrogen-bond donors (Lipinski definition) is 4. The van der Waals surface area contributed by atoms with Crippen LogP contribution in [-0.4, -0.2) is 33.4 Å². The van der Waals surface area contributed by atoms with Gasteiger partial charge >= 0.3 is 6.03 Å². The van der Waals surface area contributed by atoms with Crippen LogP contribution in [0.25, 0.3) is 22.2 Å². The van der Waals surface area contributed by atoms with Crippen LogP contribution in [0.15, 0.2) is 36.5 Å². The molecule has 3 amide bonds. The van der Waals surface area contributed by atoms with Crippen LogP contribution in [0.4, 0.5) is 10.7 Å². The third kappa shape index (κ3) is 4.15. The first-order valence-electron chi connectivity index (χ1n) is 8.29. The molecule has 3 rings (SSSR count). The molecule has 0 atom stereocenters. The number of carbonyl (C=O) groups is 2. The number of carbonyl (C=O) groups excluding carboxylic acids is 2. The van der Waals surface area contributed by atoms with Crippen molar-refractivity contribution in [3.63, 3.8) is 0 Å². The molecule has 0 fully saturated rings. The van der Waals surface area contributed by atoms with Gasteiger partial charge in [-0.3, -0.25) is 15.1 Å². The summed E-state index contributed by atoms with van der Waals surface area (Å²) in [5.74, 6) is 0.309. The van der Waals surface area contributed by atoms with Crippen LogP contribution in [0.1, 0.15) is 19.5 Å². The topological polar surface area (TPSA) is 112 Å². The minimum Gasteiger partial charge on any atom is -0.351 e. The number of fused-ring (bicyclic) bond motifs is 1. The Kier molecular flexibility index (Phi) is 5.12. The fraction of sp³-hybridized carbons (Fsp3) is 0.222. The van der Waals surface area contributed by atoms with Crippen LogP contribution in [0, 0.1) is 0 Å². The van der Waals surface area contributed by atoms with E-state index in [0.29, 0.717) is 19.0 Å². The van der Waals surface area contributed by atoms with E-state index in [1.54, 1.807) is 6.20 Å². The Morgan fingerprint density at radius 1 is 1.12 bits per heavy atom. The number of rotatable bonds is 5. The Morgan fingerprint density at radius 3 is 2.62 bits per heavy atom. The minimum absolute atomic E-state index is 0.0862. The molecule has 0 radical (unpaired) electrons. The normalized spacial score (nSPS) is 10.5. The fourth-order valence-electron chi connectivity index (χ4n) is 2.47. The number of nitrogens with zero attached hydrogens (tertiary/aromatic N) is 2. The molecule has 0 bridgehead atoms. The Balaban J connectivity index is 1.78. The van der Waals surface area contributed by atoms with Gasteiger partial charge in [-0.2, -0.15) is 0 Å². The number of urea groups is 1. The molecular weight excluding hydrogens is 332 g/mol. The first-order chi connectivity index (χ1) is 12.5. The highest BCUT2D eigenvalue weighted by Gasteiger charge is 2.08. The van der Waals surface area contributed by atoms with Gasteiger partial charge < -0.3 is 15.6 Å². The van der Waals surface area contributed by atoms with Crippen molar-refractivity contribution >= 4 is 28.9 Å². The van der Waals surface area contributed by atoms with Gasteiger partial charge in [-0.15, -0.1) is 0 Å². The quantitative estimate of drug-likeness (QED) is 0.565. The molecule has 26 heavy (non-hydrogen) atoms. The lowest BCUT2D eigenvalue weighted by atomic mass is 10.1. The SMILES string of the molecule is CCNC(=O)Nc1nc2cc(-c3ccc(CNC(C)=O)nc3)ccc2[nH]1. The van der Waals surface area contributed by atoms with Crippen molar-refractivity contribution < 1.29 is 9.59 Å². The van der Waals surface area contributed by atoms with Crippen LogP contribution in [0.3, 0.4) is 0 Å². The summed E-state index contributed by atoms with van der Waals surface area (Å²) < 4.78 is 0. The summed E-state index contributed by atoms with van der Waals surface area (Å²) in [6.07, 6.45) is 1.76. The number of aromatic amines is 1. The zero-order valence-corrected chi connectivity index (χ0v) is 14.6. The van der Waals surface area contributed by atoms with Gasteiger partial charge in [0.05, 0.1) is 23.3 Å². The molecule has 0 spiro atoms. The van der Waals surface area contributed by atoms with Crippen LogP contribution in [0.5, 0.6) is 0 Å². The van der Waals surface area contributed by atoms with Crippen molar-refractivity contribution in [2.45, 2.75) is 20.4 Å². The van der Waals surface area contributed by atoms with Gasteiger partial charge in [0.1, 0.15) is 0 Å². The van der Waals surface area contributed by atoms with E-state index >= 15 is 0 Å². The second-order valence-electron chi connectivity index (χ2n) is 5.75. The molecule has 8 nitrogen and oxygen atoms in total. The number of nitrogens with one attached hydrogen (secondary N) is 4. The van der Waals surface area contributed by atoms with Crippen molar-refractivity contribution in [3.05, 3.63) is 42.2 Å². The average molecular weight is 352 g/mol. The summed E-state index contributed by atoms with van der Waals surface area (Å²) in [7, 11) is 0. The van der Waals surface area contributed by atoms with Crippen LogP contribution in [-0.2, 0) is 11.3 Å². The van der Waals surface area contributed by atoms with Crippen molar-refractivity contribution in [2.24, 2.45) is 0 Å². The van der Waals surface area contributed by atoms with Gasteiger partial charge in [0.2, 0.25) is 11.9 Å². The number of H-pyrrole nitrogens is 1. The first kappa shape index (κ1) is 17.4. The number of aromatic nitrogens is 3. The largest absolute Gasteiger partial charge is 0.351 e. The number of hydrogen-bond acceptors (Lipinski definition) is 4. The minimum atomic E-state index is -0.300. The van der Waals surface area contributed by atoms with Crippen molar-refractivity contribution in [3.8, 4) is 11.1 Å². The predicted octanol–water partition coefficient (Wildman–Crippen LogP) is 2.40. The van der Waals surface area contributed by atoms with Gasteiger partial charge in [-0.05, 0) is 30.7 Å². The van der Waals surface area contributed by atoms with E-state index in [1.165, 1.54) is 6.92 Å². The Hall–Kier alpha value is -3.42. The number of benzene rings is 1. The lowest BCUT2D eigenvalue weighted by Crippen LogP contribution is -2.28. The third-order valence-corrected chi connectivity index (χ3v) is 3.73. The maximum Gasteiger partial charge on any atom is 0.321 e. The van der Waals surface area contributed by atoms with Crippen LogP contribution >= 0.6 is 0 Å². The summed E-state index contributed by atoms with van der Waals surface area (Å²) in [5, 5.41) is 8.03. The molecular formula is C18H20N6O2. The van der Waals surface area contributed by atoms with Gasteiger partial charge in [0.25, 0.3) is 0 Å². The molecule has 0 unspecified atom stereocenters. The zero-order valence-electron chi connectivity index (χ0n) is 14.6. The summed E-state index contributed by atoms with van der Waals surface area (Å²) in [5.41, 5.74) is 4.28. The van der Waals surface area contributed by atoms with Gasteiger partial charge in [0, 0.05) is 25.2 Å². The molecule has 2 heterocycles. The maximum absolute atomic E-state index is 11.6. The number of anilines is 1. The molecule has 4 N–H and O–H groups in total. The summed E-state index contributed by atoms with van der Waals surface area (Å²) >= 11 is 0. The number of amides is 3. The fourth-order valence-corrected chi connectivity index (χ4v) is 2.47. The van der Waals surface area contributed by atoms with E-state index in [9.17, 15) is 9.59 Å². The molecule has 0 saturated heterocycles. The molecule has 8 heteroatoms. The van der Waals surface area contributed by atoms with Gasteiger partial charge in [-0.1, -0.05) is 12.1 Å². The highest BCUT2D eigenvalue weighted by Crippen LogP contribution is 2.24. The van der Waals surface area contributed by atoms with Crippen LogP contribution < -0.4 is 16.0 Å². The van der Waals surface area contributed by atoms with E-state index in [0.717, 1.165) is 27.9 Å². The molecule has 0 aliphatic rings. The second-order valence-corrected chi connectivity index (χ2v) is 5.75. The first-order valence-corrected chi connectivity index (χ1v) is 8.29. The molecule has 0 saturated carbocycles. The Labute approximate surface area is 150 Å². The summed E-state index contributed by atoms with van der Waals surface area (Å²) in [6.45, 7) is 4.27. The molecule has 2 aromatic heterocycles. The van der Waals surface area contributed by atoms with Gasteiger partial charge in [0.15, 0.2) is 0 Å². The molecule has 0 aliphatic carbocycles. The van der Waals surface area contributed by atoms with E-state index in [2.05, 4.69) is 30.9 Å². The summed E-state index contributed by atoms with van der Waals surface area (Å²) in [4.78, 5) is 34.4. The maximum atomic E-state index is 11.6. The Bertz CT molecular complexity index is 933. The summed E-state index contributed by atoms with van der Waals surface area (Å²) in [6, 6.07) is 9.32. The lowest BCUT2D eigenvalue weighted by Gasteiger charge is -2.04. The van der Waals surface area contributed by atoms with E-state index in [-0.39, 0.29) is 11.9 Å². The van der Waals surface area contributed by atoms with Gasteiger partial charge in [-0.25, -0.2) is 9.78 Å². The predicted molar refractivity (Wildman–Crippen MR) is 99.5 cm³/mol. The molecule has 0 aliphatic heterocycles. The molecule has 134 valence electrons. The second kappa shape index (κ2) is 7.64. The van der Waals surface area contributed by atoms with E-state index in [4.69, 9.17) is 0 Å². The van der Waals surface area contributed by atoms with E-state index < -0.39 is 0 Å². The third-order valence-electron chi connectivity index (χ3n) is 3.73. The lowest BCUT2D eigenvalue weighted by molar-refractivity contribution is -0.119. The van der Waals surface area contributed by atoms with Crippen molar-refractivity contribution in [1.82, 2.24) is 25.6 Å². The van der Waals surface area contributed by atoms with Crippen molar-refractivity contribution in [2.75, 3.05) is 11.9 Å².